The molecule has 0 N–H and O–H groups in total. The normalized spacial score (nSPS) is 10.6. The fraction of sp³-hybridized carbons (Fsp3) is 0.190. The van der Waals surface area contributed by atoms with E-state index in [0.29, 0.717) is 35.4 Å². The molecule has 5 nitrogen and oxygen atoms in total. The van der Waals surface area contributed by atoms with Gasteiger partial charge in [0.2, 0.25) is 0 Å². The molecule has 0 spiro atoms. The lowest BCUT2D eigenvalue weighted by Crippen LogP contribution is -2.09. The van der Waals surface area contributed by atoms with Crippen LogP contribution in [0.2, 0.25) is 0 Å². The van der Waals surface area contributed by atoms with Crippen LogP contribution >= 0.6 is 11.8 Å². The van der Waals surface area contributed by atoms with Gasteiger partial charge in [0.15, 0.2) is 16.8 Å². The second kappa shape index (κ2) is 9.19. The third kappa shape index (κ3) is 5.08. The molecule has 3 aromatic rings. The van der Waals surface area contributed by atoms with E-state index >= 15 is 0 Å². The second-order valence-electron chi connectivity index (χ2n) is 5.98. The summed E-state index contributed by atoms with van der Waals surface area (Å²) in [6, 6.07) is 17.1. The molecule has 0 fully saturated rings. The van der Waals surface area contributed by atoms with E-state index in [0.717, 1.165) is 5.75 Å². The van der Waals surface area contributed by atoms with Gasteiger partial charge in [-0.05, 0) is 19.1 Å². The van der Waals surface area contributed by atoms with E-state index < -0.39 is 0 Å². The van der Waals surface area contributed by atoms with Crippen molar-refractivity contribution in [3.8, 4) is 5.75 Å². The van der Waals surface area contributed by atoms with Gasteiger partial charge in [-0.3, -0.25) is 9.36 Å². The summed E-state index contributed by atoms with van der Waals surface area (Å²) in [5.41, 5.74) is 1.88. The topological polar surface area (TPSA) is 57.0 Å². The van der Waals surface area contributed by atoms with Crippen LogP contribution in [0.1, 0.15) is 21.7 Å². The van der Waals surface area contributed by atoms with Crippen molar-refractivity contribution >= 4 is 17.5 Å². The predicted molar refractivity (Wildman–Crippen MR) is 107 cm³/mol. The Hall–Kier alpha value is -2.86. The minimum Gasteiger partial charge on any atom is -0.486 e. The number of ether oxygens (including phenoxy) is 1. The molecule has 0 aliphatic carbocycles. The van der Waals surface area contributed by atoms with Crippen molar-refractivity contribution in [1.82, 2.24) is 14.8 Å². The zero-order valence-corrected chi connectivity index (χ0v) is 16.0. The molecule has 0 unspecified atom stereocenters. The van der Waals surface area contributed by atoms with Gasteiger partial charge in [0.25, 0.3) is 0 Å². The minimum absolute atomic E-state index is 0.0613. The Morgan fingerprint density at radius 2 is 1.89 bits per heavy atom. The van der Waals surface area contributed by atoms with E-state index in [1.165, 1.54) is 17.3 Å². The predicted octanol–water partition coefficient (Wildman–Crippen LogP) is 4.33. The molecule has 1 aromatic heterocycles. The Labute approximate surface area is 163 Å². The molecule has 0 aliphatic rings. The largest absolute Gasteiger partial charge is 0.486 e. The molecule has 1 heterocycles. The first kappa shape index (κ1) is 18.9. The SMILES string of the molecule is C=CCn1c(COc2ccc(C)cc2)nnc1SCC(=O)c1ccccc1. The molecular weight excluding hydrogens is 358 g/mol. The van der Waals surface area contributed by atoms with Gasteiger partial charge in [0.1, 0.15) is 12.4 Å². The highest BCUT2D eigenvalue weighted by molar-refractivity contribution is 7.99. The number of hydrogen-bond donors (Lipinski definition) is 0. The van der Waals surface area contributed by atoms with Gasteiger partial charge < -0.3 is 4.74 Å². The first-order chi connectivity index (χ1) is 13.2. The summed E-state index contributed by atoms with van der Waals surface area (Å²) >= 11 is 1.37. The number of carbonyl (C=O) groups excluding carboxylic acids is 1. The third-order valence-corrected chi connectivity index (χ3v) is 4.89. The highest BCUT2D eigenvalue weighted by atomic mass is 32.2. The van der Waals surface area contributed by atoms with Crippen LogP contribution in [0.5, 0.6) is 5.75 Å². The first-order valence-electron chi connectivity index (χ1n) is 8.61. The standard InChI is InChI=1S/C21H21N3O2S/c1-3-13-24-20(14-26-18-11-9-16(2)10-12-18)22-23-21(24)27-15-19(25)17-7-5-4-6-8-17/h3-12H,1,13-15H2,2H3. The lowest BCUT2D eigenvalue weighted by Gasteiger charge is -2.09. The maximum absolute atomic E-state index is 12.3. The van der Waals surface area contributed by atoms with E-state index in [1.54, 1.807) is 6.08 Å². The van der Waals surface area contributed by atoms with Crippen LogP contribution in [0, 0.1) is 6.92 Å². The fourth-order valence-electron chi connectivity index (χ4n) is 2.46. The summed E-state index contributed by atoms with van der Waals surface area (Å²) in [6.07, 6.45) is 1.78. The fourth-order valence-corrected chi connectivity index (χ4v) is 3.33. The molecule has 0 aliphatic heterocycles. The second-order valence-corrected chi connectivity index (χ2v) is 6.92. The number of benzene rings is 2. The molecule has 27 heavy (non-hydrogen) atoms. The summed E-state index contributed by atoms with van der Waals surface area (Å²) < 4.78 is 7.73. The van der Waals surface area contributed by atoms with Gasteiger partial charge in [-0.25, -0.2) is 0 Å². The molecule has 0 saturated heterocycles. The summed E-state index contributed by atoms with van der Waals surface area (Å²) in [5, 5.41) is 9.13. The Kier molecular flexibility index (Phi) is 6.44. The Bertz CT molecular complexity index is 905. The van der Waals surface area contributed by atoms with E-state index in [2.05, 4.69) is 16.8 Å². The molecule has 0 radical (unpaired) electrons. The zero-order chi connectivity index (χ0) is 19.1. The van der Waals surface area contributed by atoms with Crippen LogP contribution < -0.4 is 4.74 Å². The number of Topliss-reactive ketones (excluding diaryl/α,β-unsaturated/α-hetero) is 1. The number of hydrogen-bond acceptors (Lipinski definition) is 5. The zero-order valence-electron chi connectivity index (χ0n) is 15.2. The van der Waals surface area contributed by atoms with Crippen LogP contribution in [0.4, 0.5) is 0 Å². The number of ketones is 1. The van der Waals surface area contributed by atoms with Gasteiger partial charge in [0, 0.05) is 12.1 Å². The van der Waals surface area contributed by atoms with Crippen molar-refractivity contribution in [3.05, 3.63) is 84.2 Å². The highest BCUT2D eigenvalue weighted by Gasteiger charge is 2.14. The van der Waals surface area contributed by atoms with Crippen LogP contribution in [-0.4, -0.2) is 26.3 Å². The van der Waals surface area contributed by atoms with E-state index in [4.69, 9.17) is 4.74 Å². The molecule has 0 amide bonds. The first-order valence-corrected chi connectivity index (χ1v) is 9.59. The Balaban J connectivity index is 1.66. The number of thioether (sulfide) groups is 1. The van der Waals surface area contributed by atoms with E-state index in [-0.39, 0.29) is 5.78 Å². The molecule has 0 bridgehead atoms. The Morgan fingerprint density at radius 3 is 2.59 bits per heavy atom. The molecule has 2 aromatic carbocycles. The maximum Gasteiger partial charge on any atom is 0.192 e. The van der Waals surface area contributed by atoms with Crippen molar-refractivity contribution in [2.24, 2.45) is 0 Å². The van der Waals surface area contributed by atoms with Gasteiger partial charge in [0.05, 0.1) is 5.75 Å². The lowest BCUT2D eigenvalue weighted by atomic mass is 10.2. The molecule has 3 rings (SSSR count). The summed E-state index contributed by atoms with van der Waals surface area (Å²) in [5.74, 6) is 1.84. The molecule has 0 saturated carbocycles. The van der Waals surface area contributed by atoms with Crippen molar-refractivity contribution < 1.29 is 9.53 Å². The highest BCUT2D eigenvalue weighted by Crippen LogP contribution is 2.20. The van der Waals surface area contributed by atoms with Crippen LogP contribution in [0.25, 0.3) is 0 Å². The van der Waals surface area contributed by atoms with Crippen molar-refractivity contribution in [3.63, 3.8) is 0 Å². The van der Waals surface area contributed by atoms with Crippen LogP contribution in [0.3, 0.4) is 0 Å². The molecule has 6 heteroatoms. The van der Waals surface area contributed by atoms with Gasteiger partial charge >= 0.3 is 0 Å². The molecular formula is C21H21N3O2S. The summed E-state index contributed by atoms with van der Waals surface area (Å²) in [4.78, 5) is 12.3. The molecule has 0 atom stereocenters. The third-order valence-electron chi connectivity index (χ3n) is 3.92. The quantitative estimate of drug-likeness (QED) is 0.315. The summed E-state index contributed by atoms with van der Waals surface area (Å²) in [6.45, 7) is 6.69. The molecule has 138 valence electrons. The van der Waals surface area contributed by atoms with Crippen LogP contribution in [-0.2, 0) is 13.2 Å². The van der Waals surface area contributed by atoms with E-state index in [1.807, 2.05) is 66.1 Å². The average molecular weight is 379 g/mol. The number of aryl methyl sites for hydroxylation is 1. The van der Waals surface area contributed by atoms with Crippen molar-refractivity contribution in [1.29, 1.82) is 0 Å². The number of allylic oxidation sites excluding steroid dienone is 1. The number of nitrogens with zero attached hydrogens (tertiary/aromatic N) is 3. The Morgan fingerprint density at radius 1 is 1.15 bits per heavy atom. The lowest BCUT2D eigenvalue weighted by molar-refractivity contribution is 0.102. The van der Waals surface area contributed by atoms with Crippen LogP contribution in [0.15, 0.2) is 72.4 Å². The van der Waals surface area contributed by atoms with E-state index in [9.17, 15) is 4.79 Å². The van der Waals surface area contributed by atoms with Gasteiger partial charge in [-0.2, -0.15) is 0 Å². The minimum atomic E-state index is 0.0613. The van der Waals surface area contributed by atoms with Gasteiger partial charge in [-0.15, -0.1) is 16.8 Å². The summed E-state index contributed by atoms with van der Waals surface area (Å²) in [7, 11) is 0. The number of aromatic nitrogens is 3. The smallest absolute Gasteiger partial charge is 0.192 e. The maximum atomic E-state index is 12.3. The monoisotopic (exact) mass is 379 g/mol. The van der Waals surface area contributed by atoms with Crippen molar-refractivity contribution in [2.75, 3.05) is 5.75 Å². The average Bonchev–Trinajstić information content (AvgIpc) is 3.08. The number of rotatable bonds is 9. The van der Waals surface area contributed by atoms with Crippen molar-refractivity contribution in [2.45, 2.75) is 25.2 Å². The number of carbonyl (C=O) groups is 1. The van der Waals surface area contributed by atoms with Gasteiger partial charge in [-0.1, -0.05) is 65.9 Å².